The number of rotatable bonds is 4. The molecule has 0 aliphatic heterocycles. The quantitative estimate of drug-likeness (QED) is 0.807. The maximum absolute atomic E-state index is 5.81. The fraction of sp³-hybridized carbons (Fsp3) is 0.500. The Kier molecular flexibility index (Phi) is 4.28. The standard InChI is InChI=1S/C18H25N3/c1-2-3-13-4-8-16(9-5-13)20-18-11-6-14-12-15(19)7-10-17(14)21-18/h6-7,10-13,16H,2-5,8-9,19H2,1H3,(H,20,21). The average molecular weight is 283 g/mol. The highest BCUT2D eigenvalue weighted by atomic mass is 15.0. The van der Waals surface area contributed by atoms with E-state index in [4.69, 9.17) is 10.7 Å². The summed E-state index contributed by atoms with van der Waals surface area (Å²) in [6.07, 6.45) is 7.96. The van der Waals surface area contributed by atoms with Crippen LogP contribution in [-0.4, -0.2) is 11.0 Å². The van der Waals surface area contributed by atoms with Gasteiger partial charge in [0.25, 0.3) is 0 Å². The maximum atomic E-state index is 5.81. The molecule has 1 fully saturated rings. The van der Waals surface area contributed by atoms with Gasteiger partial charge < -0.3 is 11.1 Å². The third-order valence-electron chi connectivity index (χ3n) is 4.61. The summed E-state index contributed by atoms with van der Waals surface area (Å²) in [5.41, 5.74) is 7.60. The Balaban J connectivity index is 1.64. The van der Waals surface area contributed by atoms with Crippen molar-refractivity contribution in [1.82, 2.24) is 4.98 Å². The lowest BCUT2D eigenvalue weighted by Crippen LogP contribution is -2.26. The van der Waals surface area contributed by atoms with E-state index in [1.807, 2.05) is 18.2 Å². The molecule has 2 aromatic rings. The first-order valence-corrected chi connectivity index (χ1v) is 8.17. The first-order chi connectivity index (χ1) is 10.2. The van der Waals surface area contributed by atoms with E-state index in [2.05, 4.69) is 24.4 Å². The molecule has 1 aliphatic rings. The van der Waals surface area contributed by atoms with Gasteiger partial charge in [-0.1, -0.05) is 19.8 Å². The number of benzene rings is 1. The summed E-state index contributed by atoms with van der Waals surface area (Å²) >= 11 is 0. The van der Waals surface area contributed by atoms with Crippen molar-refractivity contribution >= 4 is 22.4 Å². The molecule has 0 bridgehead atoms. The van der Waals surface area contributed by atoms with Gasteiger partial charge >= 0.3 is 0 Å². The topological polar surface area (TPSA) is 50.9 Å². The number of nitrogens with two attached hydrogens (primary N) is 1. The summed E-state index contributed by atoms with van der Waals surface area (Å²) in [7, 11) is 0. The lowest BCUT2D eigenvalue weighted by Gasteiger charge is -2.29. The zero-order chi connectivity index (χ0) is 14.7. The van der Waals surface area contributed by atoms with Crippen molar-refractivity contribution in [2.75, 3.05) is 11.1 Å². The van der Waals surface area contributed by atoms with E-state index in [1.165, 1.54) is 38.5 Å². The van der Waals surface area contributed by atoms with Gasteiger partial charge in [-0.2, -0.15) is 0 Å². The molecular weight excluding hydrogens is 258 g/mol. The maximum Gasteiger partial charge on any atom is 0.126 e. The van der Waals surface area contributed by atoms with Gasteiger partial charge in [0.05, 0.1) is 5.52 Å². The van der Waals surface area contributed by atoms with Crippen LogP contribution < -0.4 is 11.1 Å². The van der Waals surface area contributed by atoms with E-state index in [0.717, 1.165) is 28.3 Å². The average Bonchev–Trinajstić information content (AvgIpc) is 2.50. The molecule has 1 saturated carbocycles. The highest BCUT2D eigenvalue weighted by Crippen LogP contribution is 2.29. The van der Waals surface area contributed by atoms with Crippen LogP contribution in [0.3, 0.4) is 0 Å². The number of hydrogen-bond donors (Lipinski definition) is 2. The molecule has 3 N–H and O–H groups in total. The van der Waals surface area contributed by atoms with Crippen LogP contribution in [0, 0.1) is 5.92 Å². The van der Waals surface area contributed by atoms with Crippen molar-refractivity contribution in [3.63, 3.8) is 0 Å². The van der Waals surface area contributed by atoms with Gasteiger partial charge in [-0.25, -0.2) is 4.98 Å². The second-order valence-electron chi connectivity index (χ2n) is 6.30. The van der Waals surface area contributed by atoms with Crippen LogP contribution in [-0.2, 0) is 0 Å². The highest BCUT2D eigenvalue weighted by Gasteiger charge is 2.20. The number of nitrogens with one attached hydrogen (secondary N) is 1. The third kappa shape index (κ3) is 3.46. The molecule has 0 saturated heterocycles. The molecule has 0 radical (unpaired) electrons. The number of pyridine rings is 1. The molecule has 1 aromatic carbocycles. The Labute approximate surface area is 127 Å². The van der Waals surface area contributed by atoms with Gasteiger partial charge in [0.2, 0.25) is 0 Å². The lowest BCUT2D eigenvalue weighted by molar-refractivity contribution is 0.318. The Bertz CT molecular complexity index is 600. The highest BCUT2D eigenvalue weighted by molar-refractivity contribution is 5.83. The van der Waals surface area contributed by atoms with Gasteiger partial charge in [-0.3, -0.25) is 0 Å². The predicted octanol–water partition coefficient (Wildman–Crippen LogP) is 4.59. The Morgan fingerprint density at radius 2 is 1.95 bits per heavy atom. The van der Waals surface area contributed by atoms with Gasteiger partial charge in [0.15, 0.2) is 0 Å². The van der Waals surface area contributed by atoms with Crippen LogP contribution in [0.5, 0.6) is 0 Å². The minimum atomic E-state index is 0.580. The number of fused-ring (bicyclic) bond motifs is 1. The second kappa shape index (κ2) is 6.33. The van der Waals surface area contributed by atoms with Crippen LogP contribution in [0.15, 0.2) is 30.3 Å². The Morgan fingerprint density at radius 3 is 2.71 bits per heavy atom. The normalized spacial score (nSPS) is 22.3. The molecule has 1 aliphatic carbocycles. The molecule has 1 aromatic heterocycles. The molecule has 3 heteroatoms. The predicted molar refractivity (Wildman–Crippen MR) is 90.4 cm³/mol. The molecule has 0 amide bonds. The van der Waals surface area contributed by atoms with Crippen molar-refractivity contribution in [2.45, 2.75) is 51.5 Å². The SMILES string of the molecule is CCCC1CCC(Nc2ccc3cc(N)ccc3n2)CC1. The molecule has 21 heavy (non-hydrogen) atoms. The second-order valence-corrected chi connectivity index (χ2v) is 6.30. The fourth-order valence-electron chi connectivity index (χ4n) is 3.44. The van der Waals surface area contributed by atoms with Crippen molar-refractivity contribution in [3.05, 3.63) is 30.3 Å². The minimum Gasteiger partial charge on any atom is -0.399 e. The van der Waals surface area contributed by atoms with Crippen LogP contribution in [0.2, 0.25) is 0 Å². The van der Waals surface area contributed by atoms with E-state index >= 15 is 0 Å². The zero-order valence-corrected chi connectivity index (χ0v) is 12.8. The Morgan fingerprint density at radius 1 is 1.14 bits per heavy atom. The van der Waals surface area contributed by atoms with Crippen LogP contribution in [0.4, 0.5) is 11.5 Å². The van der Waals surface area contributed by atoms with Crippen molar-refractivity contribution in [3.8, 4) is 0 Å². The summed E-state index contributed by atoms with van der Waals surface area (Å²) in [5.74, 6) is 1.94. The number of hydrogen-bond acceptors (Lipinski definition) is 3. The van der Waals surface area contributed by atoms with Crippen LogP contribution in [0.1, 0.15) is 45.4 Å². The lowest BCUT2D eigenvalue weighted by atomic mass is 9.83. The molecular formula is C18H25N3. The largest absolute Gasteiger partial charge is 0.399 e. The van der Waals surface area contributed by atoms with E-state index in [-0.39, 0.29) is 0 Å². The number of nitrogen functional groups attached to an aromatic ring is 1. The zero-order valence-electron chi connectivity index (χ0n) is 12.8. The van der Waals surface area contributed by atoms with E-state index in [1.54, 1.807) is 0 Å². The van der Waals surface area contributed by atoms with Gasteiger partial charge in [-0.05, 0) is 61.9 Å². The summed E-state index contributed by atoms with van der Waals surface area (Å²) in [6, 6.07) is 10.6. The van der Waals surface area contributed by atoms with E-state index < -0.39 is 0 Å². The van der Waals surface area contributed by atoms with Crippen molar-refractivity contribution < 1.29 is 0 Å². The number of nitrogens with zero attached hydrogens (tertiary/aromatic N) is 1. The molecule has 3 rings (SSSR count). The van der Waals surface area contributed by atoms with Crippen molar-refractivity contribution in [1.29, 1.82) is 0 Å². The number of aromatic nitrogens is 1. The molecule has 0 spiro atoms. The number of anilines is 2. The molecule has 0 atom stereocenters. The Hall–Kier alpha value is -1.77. The van der Waals surface area contributed by atoms with Crippen LogP contribution in [0.25, 0.3) is 10.9 Å². The molecule has 1 heterocycles. The smallest absolute Gasteiger partial charge is 0.126 e. The van der Waals surface area contributed by atoms with E-state index in [9.17, 15) is 0 Å². The summed E-state index contributed by atoms with van der Waals surface area (Å²) < 4.78 is 0. The van der Waals surface area contributed by atoms with Gasteiger partial charge in [0, 0.05) is 17.1 Å². The van der Waals surface area contributed by atoms with E-state index in [0.29, 0.717) is 6.04 Å². The van der Waals surface area contributed by atoms with Gasteiger partial charge in [0.1, 0.15) is 5.82 Å². The first-order valence-electron chi connectivity index (χ1n) is 8.17. The van der Waals surface area contributed by atoms with Crippen LogP contribution >= 0.6 is 0 Å². The summed E-state index contributed by atoms with van der Waals surface area (Å²) in [6.45, 7) is 2.29. The molecule has 112 valence electrons. The fourth-order valence-corrected chi connectivity index (χ4v) is 3.44. The monoisotopic (exact) mass is 283 g/mol. The molecule has 3 nitrogen and oxygen atoms in total. The summed E-state index contributed by atoms with van der Waals surface area (Å²) in [5, 5.41) is 4.71. The third-order valence-corrected chi connectivity index (χ3v) is 4.61. The first kappa shape index (κ1) is 14.2. The van der Waals surface area contributed by atoms with Gasteiger partial charge in [-0.15, -0.1) is 0 Å². The van der Waals surface area contributed by atoms with Crippen molar-refractivity contribution in [2.24, 2.45) is 5.92 Å². The molecule has 0 unspecified atom stereocenters. The summed E-state index contributed by atoms with van der Waals surface area (Å²) in [4.78, 5) is 4.70. The minimum absolute atomic E-state index is 0.580.